The second-order valence-corrected chi connectivity index (χ2v) is 5.55. The minimum atomic E-state index is -0.321. The van der Waals surface area contributed by atoms with Gasteiger partial charge in [0.05, 0.1) is 0 Å². The van der Waals surface area contributed by atoms with Crippen molar-refractivity contribution >= 4 is 17.5 Å². The van der Waals surface area contributed by atoms with Crippen LogP contribution in [0.25, 0.3) is 0 Å². The number of piperidine rings is 1. The molecule has 1 aliphatic heterocycles. The Morgan fingerprint density at radius 1 is 1.13 bits per heavy atom. The monoisotopic (exact) mass is 314 g/mol. The Bertz CT molecular complexity index is 639. The number of amides is 2. The Morgan fingerprint density at radius 2 is 1.87 bits per heavy atom. The normalized spacial score (nSPS) is 15.3. The molecule has 1 fully saturated rings. The Morgan fingerprint density at radius 3 is 2.52 bits per heavy atom. The number of anilines is 2. The summed E-state index contributed by atoms with van der Waals surface area (Å²) in [6.07, 6.45) is 3.52. The second kappa shape index (κ2) is 7.09. The number of urea groups is 1. The lowest BCUT2D eigenvalue weighted by atomic mass is 10.1. The van der Waals surface area contributed by atoms with Crippen LogP contribution in [0.2, 0.25) is 0 Å². The summed E-state index contributed by atoms with van der Waals surface area (Å²) in [5.74, 6) is 0.652. The van der Waals surface area contributed by atoms with E-state index >= 15 is 0 Å². The number of carbonyl (C=O) groups is 1. The summed E-state index contributed by atoms with van der Waals surface area (Å²) in [6, 6.07) is 11.5. The van der Waals surface area contributed by atoms with Gasteiger partial charge in [-0.3, -0.25) is 0 Å². The zero-order valence-corrected chi connectivity index (χ0v) is 12.7. The van der Waals surface area contributed by atoms with Crippen molar-refractivity contribution in [2.24, 2.45) is 0 Å². The second-order valence-electron chi connectivity index (χ2n) is 5.55. The SMILES string of the molecule is O=C(Nc1ccc(F)cc1)NC1CCN(c2ccccn2)CC1. The lowest BCUT2D eigenvalue weighted by Gasteiger charge is -2.33. The minimum Gasteiger partial charge on any atom is -0.356 e. The molecule has 0 radical (unpaired) electrons. The highest BCUT2D eigenvalue weighted by Gasteiger charge is 2.21. The number of hydrogen-bond acceptors (Lipinski definition) is 3. The largest absolute Gasteiger partial charge is 0.356 e. The fraction of sp³-hybridized carbons (Fsp3) is 0.294. The average Bonchev–Trinajstić information content (AvgIpc) is 2.58. The molecule has 0 aliphatic carbocycles. The fourth-order valence-electron chi connectivity index (χ4n) is 2.68. The standard InChI is InChI=1S/C17H19FN4O/c18-13-4-6-14(7-5-13)20-17(23)21-15-8-11-22(12-9-15)16-3-1-2-10-19-16/h1-7,10,15H,8-9,11-12H2,(H2,20,21,23). The highest BCUT2D eigenvalue weighted by Crippen LogP contribution is 2.17. The molecule has 2 amide bonds. The van der Waals surface area contributed by atoms with Gasteiger partial charge in [-0.05, 0) is 49.2 Å². The van der Waals surface area contributed by atoms with Crippen LogP contribution in [0.5, 0.6) is 0 Å². The van der Waals surface area contributed by atoms with E-state index in [9.17, 15) is 9.18 Å². The number of rotatable bonds is 3. The molecular formula is C17H19FN4O. The first-order valence-electron chi connectivity index (χ1n) is 7.70. The Hall–Kier alpha value is -2.63. The van der Waals surface area contributed by atoms with Gasteiger partial charge in [-0.2, -0.15) is 0 Å². The van der Waals surface area contributed by atoms with Crippen molar-refractivity contribution in [1.82, 2.24) is 10.3 Å². The van der Waals surface area contributed by atoms with Crippen LogP contribution in [0.4, 0.5) is 20.7 Å². The van der Waals surface area contributed by atoms with Crippen LogP contribution < -0.4 is 15.5 Å². The van der Waals surface area contributed by atoms with E-state index in [0.717, 1.165) is 31.7 Å². The van der Waals surface area contributed by atoms with E-state index in [1.165, 1.54) is 12.1 Å². The van der Waals surface area contributed by atoms with Crippen molar-refractivity contribution in [3.63, 3.8) is 0 Å². The fourth-order valence-corrected chi connectivity index (χ4v) is 2.68. The van der Waals surface area contributed by atoms with Crippen LogP contribution in [0.1, 0.15) is 12.8 Å². The van der Waals surface area contributed by atoms with E-state index in [4.69, 9.17) is 0 Å². The summed E-state index contributed by atoms with van der Waals surface area (Å²) in [4.78, 5) is 18.5. The lowest BCUT2D eigenvalue weighted by molar-refractivity contribution is 0.246. The zero-order valence-electron chi connectivity index (χ0n) is 12.7. The first kappa shape index (κ1) is 15.3. The molecule has 0 spiro atoms. The molecule has 120 valence electrons. The van der Waals surface area contributed by atoms with Crippen molar-refractivity contribution < 1.29 is 9.18 Å². The maximum absolute atomic E-state index is 12.8. The molecule has 2 N–H and O–H groups in total. The first-order valence-corrected chi connectivity index (χ1v) is 7.70. The molecule has 2 heterocycles. The van der Waals surface area contributed by atoms with Gasteiger partial charge in [-0.25, -0.2) is 14.2 Å². The molecule has 1 aromatic carbocycles. The number of nitrogens with one attached hydrogen (secondary N) is 2. The average molecular weight is 314 g/mol. The van der Waals surface area contributed by atoms with Crippen LogP contribution in [0.3, 0.4) is 0 Å². The number of nitrogens with zero attached hydrogens (tertiary/aromatic N) is 2. The van der Waals surface area contributed by atoms with Crippen LogP contribution in [0.15, 0.2) is 48.7 Å². The summed E-state index contributed by atoms with van der Waals surface area (Å²) >= 11 is 0. The molecule has 1 saturated heterocycles. The smallest absolute Gasteiger partial charge is 0.319 e. The molecule has 6 heteroatoms. The highest BCUT2D eigenvalue weighted by atomic mass is 19.1. The minimum absolute atomic E-state index is 0.135. The summed E-state index contributed by atoms with van der Waals surface area (Å²) < 4.78 is 12.8. The van der Waals surface area contributed by atoms with Crippen molar-refractivity contribution in [2.45, 2.75) is 18.9 Å². The number of halogens is 1. The van der Waals surface area contributed by atoms with Crippen molar-refractivity contribution in [1.29, 1.82) is 0 Å². The van der Waals surface area contributed by atoms with Crippen LogP contribution in [-0.2, 0) is 0 Å². The number of carbonyl (C=O) groups excluding carboxylic acids is 1. The summed E-state index contributed by atoms with van der Waals surface area (Å²) in [5.41, 5.74) is 0.579. The van der Waals surface area contributed by atoms with E-state index in [2.05, 4.69) is 20.5 Å². The Labute approximate surface area is 134 Å². The molecular weight excluding hydrogens is 295 g/mol. The van der Waals surface area contributed by atoms with Crippen LogP contribution in [-0.4, -0.2) is 30.1 Å². The van der Waals surface area contributed by atoms with Gasteiger partial charge in [0.25, 0.3) is 0 Å². The van der Waals surface area contributed by atoms with Gasteiger partial charge in [0.15, 0.2) is 0 Å². The molecule has 0 unspecified atom stereocenters. The molecule has 0 atom stereocenters. The zero-order chi connectivity index (χ0) is 16.1. The van der Waals surface area contributed by atoms with E-state index in [-0.39, 0.29) is 17.9 Å². The molecule has 1 aromatic heterocycles. The van der Waals surface area contributed by atoms with E-state index in [0.29, 0.717) is 5.69 Å². The van der Waals surface area contributed by atoms with E-state index < -0.39 is 0 Å². The van der Waals surface area contributed by atoms with Crippen LogP contribution >= 0.6 is 0 Å². The van der Waals surface area contributed by atoms with Gasteiger partial charge in [-0.15, -0.1) is 0 Å². The van der Waals surface area contributed by atoms with Gasteiger partial charge in [0.2, 0.25) is 0 Å². The van der Waals surface area contributed by atoms with Gasteiger partial charge in [0.1, 0.15) is 11.6 Å². The maximum Gasteiger partial charge on any atom is 0.319 e. The summed E-state index contributed by atoms with van der Waals surface area (Å²) in [5, 5.41) is 5.68. The molecule has 23 heavy (non-hydrogen) atoms. The third-order valence-electron chi connectivity index (χ3n) is 3.91. The Kier molecular flexibility index (Phi) is 4.71. The predicted octanol–water partition coefficient (Wildman–Crippen LogP) is 3.01. The molecule has 0 bridgehead atoms. The summed E-state index contributed by atoms with van der Waals surface area (Å²) in [6.45, 7) is 1.72. The molecule has 3 rings (SSSR count). The number of pyridine rings is 1. The summed E-state index contributed by atoms with van der Waals surface area (Å²) in [7, 11) is 0. The highest BCUT2D eigenvalue weighted by molar-refractivity contribution is 5.89. The maximum atomic E-state index is 12.8. The van der Waals surface area contributed by atoms with E-state index in [1.807, 2.05) is 18.2 Å². The molecule has 0 saturated carbocycles. The number of benzene rings is 1. The quantitative estimate of drug-likeness (QED) is 0.915. The van der Waals surface area contributed by atoms with Gasteiger partial charge < -0.3 is 15.5 Å². The molecule has 1 aliphatic rings. The molecule has 2 aromatic rings. The van der Waals surface area contributed by atoms with Crippen molar-refractivity contribution in [2.75, 3.05) is 23.3 Å². The van der Waals surface area contributed by atoms with Gasteiger partial charge in [-0.1, -0.05) is 6.07 Å². The van der Waals surface area contributed by atoms with Gasteiger partial charge >= 0.3 is 6.03 Å². The predicted molar refractivity (Wildman–Crippen MR) is 88.0 cm³/mol. The first-order chi connectivity index (χ1) is 11.2. The third-order valence-corrected chi connectivity index (χ3v) is 3.91. The number of aromatic nitrogens is 1. The Balaban J connectivity index is 1.47. The van der Waals surface area contributed by atoms with Gasteiger partial charge in [0, 0.05) is 31.0 Å². The molecule has 5 nitrogen and oxygen atoms in total. The number of hydrogen-bond donors (Lipinski definition) is 2. The lowest BCUT2D eigenvalue weighted by Crippen LogP contribution is -2.46. The van der Waals surface area contributed by atoms with Crippen molar-refractivity contribution in [3.05, 3.63) is 54.5 Å². The topological polar surface area (TPSA) is 57.3 Å². The van der Waals surface area contributed by atoms with E-state index in [1.54, 1.807) is 18.3 Å². The third kappa shape index (κ3) is 4.18. The van der Waals surface area contributed by atoms with Crippen LogP contribution in [0, 0.1) is 5.82 Å². The van der Waals surface area contributed by atoms with Crippen molar-refractivity contribution in [3.8, 4) is 0 Å².